The molecule has 0 saturated carbocycles. The minimum atomic E-state index is -0.548. The molecule has 0 unspecified atom stereocenters. The van der Waals surface area contributed by atoms with E-state index in [0.29, 0.717) is 0 Å². The summed E-state index contributed by atoms with van der Waals surface area (Å²) < 4.78 is 0. The van der Waals surface area contributed by atoms with Crippen molar-refractivity contribution in [3.8, 4) is 44.5 Å². The molecule has 0 saturated heterocycles. The van der Waals surface area contributed by atoms with Gasteiger partial charge in [0.2, 0.25) is 0 Å². The highest BCUT2D eigenvalue weighted by molar-refractivity contribution is 6.01. The lowest BCUT2D eigenvalue weighted by molar-refractivity contribution is 0.633. The van der Waals surface area contributed by atoms with Crippen molar-refractivity contribution in [3.63, 3.8) is 0 Å². The summed E-state index contributed by atoms with van der Waals surface area (Å²) in [5.74, 6) is 0. The molecule has 0 N–H and O–H groups in total. The van der Waals surface area contributed by atoms with E-state index in [-0.39, 0.29) is 0 Å². The molecule has 67 heavy (non-hydrogen) atoms. The normalized spacial score (nSPS) is 13.9. The van der Waals surface area contributed by atoms with E-state index in [1.54, 1.807) is 0 Å². The SMILES string of the molecule is c1ccc(-c2ccccc2-c2ccc(N(c3ccc4c(c3)-c3ccccc3C43c4ccccc4C4(c5ccccc5-c5ccccc54)c4ccccc43)c3cccc4ccccc34)cc2)cc1. The van der Waals surface area contributed by atoms with Crippen LogP contribution < -0.4 is 4.90 Å². The molecule has 0 atom stereocenters. The smallest absolute Gasteiger partial charge is 0.0720 e. The molecule has 0 aliphatic heterocycles. The number of hydrogen-bond donors (Lipinski definition) is 0. The van der Waals surface area contributed by atoms with Crippen molar-refractivity contribution < 1.29 is 0 Å². The summed E-state index contributed by atoms with van der Waals surface area (Å²) in [5, 5.41) is 2.42. The Bertz CT molecular complexity index is 3670. The summed E-state index contributed by atoms with van der Waals surface area (Å²) in [6.45, 7) is 0. The summed E-state index contributed by atoms with van der Waals surface area (Å²) in [5.41, 5.74) is 23.1. The molecule has 11 aromatic carbocycles. The zero-order valence-electron chi connectivity index (χ0n) is 36.8. The lowest BCUT2D eigenvalue weighted by atomic mass is 9.52. The first-order valence-electron chi connectivity index (χ1n) is 23.4. The Labute approximate surface area is 391 Å². The monoisotopic (exact) mass is 849 g/mol. The first-order chi connectivity index (χ1) is 33.3. The van der Waals surface area contributed by atoms with Gasteiger partial charge in [-0.15, -0.1) is 0 Å². The topological polar surface area (TPSA) is 3.24 Å². The molecule has 2 spiro atoms. The molecule has 11 aromatic rings. The van der Waals surface area contributed by atoms with Gasteiger partial charge in [-0.3, -0.25) is 0 Å². The van der Waals surface area contributed by atoms with Crippen molar-refractivity contribution in [2.24, 2.45) is 0 Å². The van der Waals surface area contributed by atoms with Gasteiger partial charge in [0.05, 0.1) is 16.5 Å². The van der Waals surface area contributed by atoms with Crippen LogP contribution in [0.5, 0.6) is 0 Å². The van der Waals surface area contributed by atoms with Gasteiger partial charge in [0.1, 0.15) is 0 Å². The van der Waals surface area contributed by atoms with Crippen LogP contribution in [-0.4, -0.2) is 0 Å². The molecule has 0 bridgehead atoms. The number of fused-ring (bicyclic) bond motifs is 17. The minimum absolute atomic E-state index is 0.470. The Hall–Kier alpha value is -8.52. The van der Waals surface area contributed by atoms with Crippen molar-refractivity contribution in [1.29, 1.82) is 0 Å². The number of hydrogen-bond acceptors (Lipinski definition) is 1. The Kier molecular flexibility index (Phi) is 8.18. The van der Waals surface area contributed by atoms with Crippen molar-refractivity contribution >= 4 is 27.8 Å². The van der Waals surface area contributed by atoms with E-state index >= 15 is 0 Å². The molecule has 0 aromatic heterocycles. The van der Waals surface area contributed by atoms with Crippen LogP contribution in [0.1, 0.15) is 44.5 Å². The third kappa shape index (κ3) is 5.14. The average Bonchev–Trinajstić information content (AvgIpc) is 3.87. The lowest BCUT2D eigenvalue weighted by Gasteiger charge is -2.48. The molecule has 0 heterocycles. The zero-order chi connectivity index (χ0) is 44.1. The van der Waals surface area contributed by atoms with Gasteiger partial charge in [-0.2, -0.15) is 0 Å². The number of nitrogens with zero attached hydrogens (tertiary/aromatic N) is 1. The van der Waals surface area contributed by atoms with Gasteiger partial charge in [0.25, 0.3) is 0 Å². The van der Waals surface area contributed by atoms with Gasteiger partial charge in [-0.1, -0.05) is 231 Å². The molecule has 0 fully saturated rings. The molecule has 0 radical (unpaired) electrons. The van der Waals surface area contributed by atoms with Crippen LogP contribution >= 0.6 is 0 Å². The first kappa shape index (κ1) is 37.8. The Morgan fingerprint density at radius 3 is 1.18 bits per heavy atom. The van der Waals surface area contributed by atoms with Gasteiger partial charge < -0.3 is 4.90 Å². The number of anilines is 3. The maximum Gasteiger partial charge on any atom is 0.0720 e. The highest BCUT2D eigenvalue weighted by Gasteiger charge is 2.58. The van der Waals surface area contributed by atoms with Crippen LogP contribution in [0.25, 0.3) is 55.3 Å². The largest absolute Gasteiger partial charge is 0.310 e. The number of rotatable bonds is 5. The molecule has 1 nitrogen and oxygen atoms in total. The second-order valence-corrected chi connectivity index (χ2v) is 18.2. The van der Waals surface area contributed by atoms with Crippen molar-refractivity contribution in [2.75, 3.05) is 4.90 Å². The van der Waals surface area contributed by atoms with E-state index in [4.69, 9.17) is 0 Å². The second kappa shape index (κ2) is 14.5. The standard InChI is InChI=1S/C66H43N/c1-2-19-44(20-3-1)49-23-6-7-24-50(49)46-37-39-47(40-38-46)67(64-36-18-22-45-21-4-5-25-51(45)64)48-41-42-59-55(43-48)54-28-10-13-31-58(54)66(59)62-34-16-14-32-60(62)65(61-33-15-17-35-63(61)66)56-29-11-8-26-52(56)53-27-9-12-30-57(53)65/h1-43H. The van der Waals surface area contributed by atoms with E-state index in [0.717, 1.165) is 17.1 Å². The van der Waals surface area contributed by atoms with Gasteiger partial charge in [0, 0.05) is 16.8 Å². The molecule has 3 aliphatic carbocycles. The van der Waals surface area contributed by atoms with Crippen molar-refractivity contribution in [3.05, 3.63) is 305 Å². The molecule has 3 aliphatic rings. The molecule has 312 valence electrons. The van der Waals surface area contributed by atoms with Crippen molar-refractivity contribution in [1.82, 2.24) is 0 Å². The highest BCUT2D eigenvalue weighted by atomic mass is 15.1. The maximum atomic E-state index is 2.47. The Balaban J connectivity index is 0.997. The average molecular weight is 850 g/mol. The quantitative estimate of drug-likeness (QED) is 0.167. The molecule has 14 rings (SSSR count). The van der Waals surface area contributed by atoms with Crippen LogP contribution in [-0.2, 0) is 10.8 Å². The van der Waals surface area contributed by atoms with Crippen molar-refractivity contribution in [2.45, 2.75) is 10.8 Å². The van der Waals surface area contributed by atoms with Gasteiger partial charge in [-0.05, 0) is 125 Å². The van der Waals surface area contributed by atoms with E-state index < -0.39 is 10.8 Å². The summed E-state index contributed by atoms with van der Waals surface area (Å²) in [4.78, 5) is 2.47. The predicted molar refractivity (Wildman–Crippen MR) is 278 cm³/mol. The Morgan fingerprint density at radius 1 is 0.239 bits per heavy atom. The fraction of sp³-hybridized carbons (Fsp3) is 0.0303. The second-order valence-electron chi connectivity index (χ2n) is 18.2. The minimum Gasteiger partial charge on any atom is -0.310 e. The van der Waals surface area contributed by atoms with Crippen LogP contribution in [0.4, 0.5) is 17.1 Å². The van der Waals surface area contributed by atoms with Gasteiger partial charge in [0.15, 0.2) is 0 Å². The van der Waals surface area contributed by atoms with Crippen LogP contribution in [0, 0.1) is 0 Å². The number of benzene rings is 11. The molecular weight excluding hydrogens is 807 g/mol. The van der Waals surface area contributed by atoms with E-state index in [1.165, 1.54) is 99.8 Å². The van der Waals surface area contributed by atoms with Gasteiger partial charge >= 0.3 is 0 Å². The van der Waals surface area contributed by atoms with E-state index in [2.05, 4.69) is 266 Å². The maximum absolute atomic E-state index is 2.47. The third-order valence-corrected chi connectivity index (χ3v) is 15.2. The zero-order valence-corrected chi connectivity index (χ0v) is 36.8. The Morgan fingerprint density at radius 2 is 0.627 bits per heavy atom. The molecule has 0 amide bonds. The molecule has 1 heteroatoms. The van der Waals surface area contributed by atoms with Crippen LogP contribution in [0.3, 0.4) is 0 Å². The summed E-state index contributed by atoms with van der Waals surface area (Å²) in [6.07, 6.45) is 0. The molecular formula is C66H43N. The lowest BCUT2D eigenvalue weighted by Crippen LogP contribution is -2.43. The van der Waals surface area contributed by atoms with Crippen LogP contribution in [0.15, 0.2) is 261 Å². The fourth-order valence-corrected chi connectivity index (χ4v) is 12.6. The van der Waals surface area contributed by atoms with E-state index in [9.17, 15) is 0 Å². The summed E-state index contributed by atoms with van der Waals surface area (Å²) in [6, 6.07) is 97.5. The highest BCUT2D eigenvalue weighted by Crippen LogP contribution is 2.67. The first-order valence-corrected chi connectivity index (χ1v) is 23.4. The predicted octanol–water partition coefficient (Wildman–Crippen LogP) is 16.7. The third-order valence-electron chi connectivity index (χ3n) is 15.2. The fourth-order valence-electron chi connectivity index (χ4n) is 12.6. The van der Waals surface area contributed by atoms with Crippen LogP contribution in [0.2, 0.25) is 0 Å². The van der Waals surface area contributed by atoms with E-state index in [1.807, 2.05) is 0 Å². The summed E-state index contributed by atoms with van der Waals surface area (Å²) in [7, 11) is 0. The van der Waals surface area contributed by atoms with Gasteiger partial charge in [-0.25, -0.2) is 0 Å². The summed E-state index contributed by atoms with van der Waals surface area (Å²) >= 11 is 0.